The van der Waals surface area contributed by atoms with E-state index in [9.17, 15) is 0 Å². The normalized spacial score (nSPS) is 12.4. The zero-order chi connectivity index (χ0) is 13.1. The fourth-order valence-corrected chi connectivity index (χ4v) is 1.63. The molecule has 2 N–H and O–H groups in total. The van der Waals surface area contributed by atoms with Crippen LogP contribution in [0.2, 0.25) is 10.0 Å². The van der Waals surface area contributed by atoms with Crippen molar-refractivity contribution in [2.24, 2.45) is 0 Å². The average molecular weight is 287 g/mol. The number of anilines is 2. The van der Waals surface area contributed by atoms with E-state index in [1.54, 1.807) is 18.2 Å². The first-order valence-corrected chi connectivity index (χ1v) is 6.08. The summed E-state index contributed by atoms with van der Waals surface area (Å²) in [6.07, 6.45) is 0. The summed E-state index contributed by atoms with van der Waals surface area (Å²) >= 11 is 11.9. The Labute approximate surface area is 114 Å². The van der Waals surface area contributed by atoms with Crippen molar-refractivity contribution in [1.82, 2.24) is 15.5 Å². The maximum atomic E-state index is 6.02. The minimum absolute atomic E-state index is 0.0112. The summed E-state index contributed by atoms with van der Waals surface area (Å²) in [5.74, 6) is 0.498. The summed E-state index contributed by atoms with van der Waals surface area (Å²) in [7, 11) is 1.82. The van der Waals surface area contributed by atoms with Gasteiger partial charge in [-0.2, -0.15) is 0 Å². The molecule has 0 aliphatic carbocycles. The van der Waals surface area contributed by atoms with Crippen LogP contribution in [0.5, 0.6) is 0 Å². The van der Waals surface area contributed by atoms with Gasteiger partial charge in [0.2, 0.25) is 5.89 Å². The second-order valence-corrected chi connectivity index (χ2v) is 4.55. The quantitative estimate of drug-likeness (QED) is 0.902. The molecule has 0 saturated heterocycles. The second-order valence-electron chi connectivity index (χ2n) is 3.70. The zero-order valence-corrected chi connectivity index (χ0v) is 11.4. The predicted molar refractivity (Wildman–Crippen MR) is 71.5 cm³/mol. The molecule has 7 heteroatoms. The number of hydrogen-bond acceptors (Lipinski definition) is 5. The molecule has 1 unspecified atom stereocenters. The van der Waals surface area contributed by atoms with Gasteiger partial charge in [-0.25, -0.2) is 0 Å². The van der Waals surface area contributed by atoms with Gasteiger partial charge in [0.25, 0.3) is 0 Å². The highest BCUT2D eigenvalue weighted by atomic mass is 35.5. The fourth-order valence-electron chi connectivity index (χ4n) is 1.29. The van der Waals surface area contributed by atoms with Crippen molar-refractivity contribution >= 4 is 34.9 Å². The van der Waals surface area contributed by atoms with Crippen LogP contribution in [-0.4, -0.2) is 17.2 Å². The first-order valence-electron chi connectivity index (χ1n) is 5.33. The number of rotatable bonds is 4. The Balaban J connectivity index is 2.18. The number of hydrogen-bond donors (Lipinski definition) is 2. The molecule has 0 saturated carbocycles. The Bertz CT molecular complexity index is 544. The Morgan fingerprint density at radius 2 is 2.06 bits per heavy atom. The summed E-state index contributed by atoms with van der Waals surface area (Å²) in [6.45, 7) is 1.92. The molecule has 0 radical (unpaired) electrons. The lowest BCUT2D eigenvalue weighted by Gasteiger charge is -2.05. The molecule has 18 heavy (non-hydrogen) atoms. The molecule has 2 aromatic rings. The SMILES string of the molecule is CNC(C)c1nnc(Nc2cc(Cl)ccc2Cl)o1. The minimum atomic E-state index is -0.0112. The number of halogens is 2. The van der Waals surface area contributed by atoms with Gasteiger partial charge in [0, 0.05) is 5.02 Å². The van der Waals surface area contributed by atoms with E-state index in [-0.39, 0.29) is 12.1 Å². The first-order chi connectivity index (χ1) is 8.60. The van der Waals surface area contributed by atoms with Crippen LogP contribution in [-0.2, 0) is 0 Å². The van der Waals surface area contributed by atoms with Crippen LogP contribution in [0.4, 0.5) is 11.7 Å². The number of nitrogens with zero attached hydrogens (tertiary/aromatic N) is 2. The van der Waals surface area contributed by atoms with E-state index in [4.69, 9.17) is 27.6 Å². The summed E-state index contributed by atoms with van der Waals surface area (Å²) in [5.41, 5.74) is 0.622. The van der Waals surface area contributed by atoms with Gasteiger partial charge in [0.15, 0.2) is 0 Å². The third-order valence-corrected chi connectivity index (χ3v) is 2.98. The van der Waals surface area contributed by atoms with E-state index in [1.807, 2.05) is 14.0 Å². The molecule has 0 bridgehead atoms. The fraction of sp³-hybridized carbons (Fsp3) is 0.273. The van der Waals surface area contributed by atoms with Gasteiger partial charge in [0.1, 0.15) is 0 Å². The zero-order valence-electron chi connectivity index (χ0n) is 9.87. The van der Waals surface area contributed by atoms with Crippen LogP contribution in [0.25, 0.3) is 0 Å². The molecular weight excluding hydrogens is 275 g/mol. The van der Waals surface area contributed by atoms with E-state index in [0.717, 1.165) is 0 Å². The molecule has 5 nitrogen and oxygen atoms in total. The summed E-state index contributed by atoms with van der Waals surface area (Å²) in [5, 5.41) is 14.8. The second kappa shape index (κ2) is 5.56. The van der Waals surface area contributed by atoms with E-state index < -0.39 is 0 Å². The Kier molecular flexibility index (Phi) is 4.06. The van der Waals surface area contributed by atoms with Crippen LogP contribution in [0.1, 0.15) is 18.9 Å². The van der Waals surface area contributed by atoms with Gasteiger partial charge >= 0.3 is 6.01 Å². The van der Waals surface area contributed by atoms with Crippen LogP contribution >= 0.6 is 23.2 Å². The lowest BCUT2D eigenvalue weighted by molar-refractivity contribution is 0.443. The molecule has 1 aromatic heterocycles. The number of aromatic nitrogens is 2. The molecule has 0 amide bonds. The summed E-state index contributed by atoms with van der Waals surface area (Å²) < 4.78 is 5.44. The standard InChI is InChI=1S/C11H12Cl2N4O/c1-6(14-2)10-16-17-11(18-10)15-9-5-7(12)3-4-8(9)13/h3-6,14H,1-2H3,(H,15,17). The number of benzene rings is 1. The third-order valence-electron chi connectivity index (χ3n) is 2.41. The minimum Gasteiger partial charge on any atom is -0.406 e. The van der Waals surface area contributed by atoms with Crippen molar-refractivity contribution in [3.05, 3.63) is 34.1 Å². The maximum absolute atomic E-state index is 6.02. The van der Waals surface area contributed by atoms with Crippen molar-refractivity contribution in [2.75, 3.05) is 12.4 Å². The Morgan fingerprint density at radius 3 is 2.78 bits per heavy atom. The van der Waals surface area contributed by atoms with Gasteiger partial charge < -0.3 is 15.1 Å². The van der Waals surface area contributed by atoms with Gasteiger partial charge in [-0.15, -0.1) is 5.10 Å². The molecule has 0 aliphatic rings. The lowest BCUT2D eigenvalue weighted by Crippen LogP contribution is -2.12. The molecular formula is C11H12Cl2N4O. The smallest absolute Gasteiger partial charge is 0.320 e. The van der Waals surface area contributed by atoms with Crippen LogP contribution < -0.4 is 10.6 Å². The highest BCUT2D eigenvalue weighted by Crippen LogP contribution is 2.28. The molecule has 96 valence electrons. The van der Waals surface area contributed by atoms with Gasteiger partial charge in [-0.1, -0.05) is 28.3 Å². The molecule has 0 spiro atoms. The highest BCUT2D eigenvalue weighted by Gasteiger charge is 2.12. The van der Waals surface area contributed by atoms with Crippen LogP contribution in [0, 0.1) is 0 Å². The van der Waals surface area contributed by atoms with Gasteiger partial charge in [0.05, 0.1) is 16.8 Å². The van der Waals surface area contributed by atoms with Crippen molar-refractivity contribution in [3.8, 4) is 0 Å². The topological polar surface area (TPSA) is 63.0 Å². The van der Waals surface area contributed by atoms with Crippen molar-refractivity contribution in [1.29, 1.82) is 0 Å². The lowest BCUT2D eigenvalue weighted by atomic mass is 10.3. The van der Waals surface area contributed by atoms with Crippen molar-refractivity contribution < 1.29 is 4.42 Å². The maximum Gasteiger partial charge on any atom is 0.320 e. The Hall–Kier alpha value is -1.30. The third kappa shape index (κ3) is 2.93. The first kappa shape index (κ1) is 13.1. The van der Waals surface area contributed by atoms with Gasteiger partial charge in [-0.3, -0.25) is 0 Å². The molecule has 0 fully saturated rings. The van der Waals surface area contributed by atoms with E-state index in [0.29, 0.717) is 21.6 Å². The highest BCUT2D eigenvalue weighted by molar-refractivity contribution is 6.35. The Morgan fingerprint density at radius 1 is 1.28 bits per heavy atom. The molecule has 1 atom stereocenters. The van der Waals surface area contributed by atoms with E-state index >= 15 is 0 Å². The van der Waals surface area contributed by atoms with Crippen molar-refractivity contribution in [3.63, 3.8) is 0 Å². The molecule has 1 heterocycles. The van der Waals surface area contributed by atoms with Crippen LogP contribution in [0.15, 0.2) is 22.6 Å². The number of nitrogens with one attached hydrogen (secondary N) is 2. The largest absolute Gasteiger partial charge is 0.406 e. The molecule has 1 aromatic carbocycles. The summed E-state index contributed by atoms with van der Waals surface area (Å²) in [4.78, 5) is 0. The molecule has 2 rings (SSSR count). The average Bonchev–Trinajstić information content (AvgIpc) is 2.81. The van der Waals surface area contributed by atoms with E-state index in [1.165, 1.54) is 0 Å². The van der Waals surface area contributed by atoms with E-state index in [2.05, 4.69) is 20.8 Å². The monoisotopic (exact) mass is 286 g/mol. The van der Waals surface area contributed by atoms with Crippen molar-refractivity contribution in [2.45, 2.75) is 13.0 Å². The summed E-state index contributed by atoms with van der Waals surface area (Å²) in [6, 6.07) is 5.35. The predicted octanol–water partition coefficient (Wildman–Crippen LogP) is 3.40. The molecule has 0 aliphatic heterocycles. The van der Waals surface area contributed by atoms with Crippen LogP contribution in [0.3, 0.4) is 0 Å². The van der Waals surface area contributed by atoms with Gasteiger partial charge in [-0.05, 0) is 32.2 Å².